The molecule has 0 aliphatic heterocycles. The van der Waals surface area contributed by atoms with E-state index in [0.717, 1.165) is 38.5 Å². The molecule has 1 N–H and O–H groups in total. The van der Waals surface area contributed by atoms with Crippen LogP contribution < -0.4 is 0 Å². The van der Waals surface area contributed by atoms with Crippen LogP contribution in [0.1, 0.15) is 51.4 Å². The van der Waals surface area contributed by atoms with Crippen LogP contribution in [0.4, 0.5) is 13.2 Å². The molecule has 0 spiro atoms. The monoisotopic (exact) mass is 300 g/mol. The first-order valence-corrected chi connectivity index (χ1v) is 8.57. The largest absolute Gasteiger partial charge is 0.390 e. The zero-order chi connectivity index (χ0) is 14.6. The molecule has 7 aliphatic rings. The molecule has 0 saturated heterocycles. The fraction of sp³-hybridized carbons (Fsp3) is 1.00. The summed E-state index contributed by atoms with van der Waals surface area (Å²) in [5.74, 6) is 3.78. The lowest BCUT2D eigenvalue weighted by Gasteiger charge is -2.74. The van der Waals surface area contributed by atoms with Crippen LogP contribution in [0.2, 0.25) is 0 Å². The van der Waals surface area contributed by atoms with Gasteiger partial charge in [-0.25, -0.2) is 0 Å². The van der Waals surface area contributed by atoms with Crippen molar-refractivity contribution < 1.29 is 18.3 Å². The molecule has 4 heteroatoms. The first kappa shape index (κ1) is 13.2. The third-order valence-electron chi connectivity index (χ3n) is 8.09. The van der Waals surface area contributed by atoms with E-state index in [-0.39, 0.29) is 5.41 Å². The Morgan fingerprint density at radius 2 is 1.14 bits per heavy atom. The molecule has 118 valence electrons. The summed E-state index contributed by atoms with van der Waals surface area (Å²) < 4.78 is 38.0. The first-order chi connectivity index (χ1) is 9.78. The molecule has 0 heterocycles. The number of aliphatic hydroxyl groups is 1. The van der Waals surface area contributed by atoms with Crippen molar-refractivity contribution in [3.05, 3.63) is 0 Å². The van der Waals surface area contributed by atoms with Crippen LogP contribution in [0.5, 0.6) is 0 Å². The number of alkyl halides is 3. The Morgan fingerprint density at radius 1 is 0.762 bits per heavy atom. The van der Waals surface area contributed by atoms with Gasteiger partial charge >= 0.3 is 6.18 Å². The summed E-state index contributed by atoms with van der Waals surface area (Å²) in [5.41, 5.74) is -0.418. The normalized spacial score (nSPS) is 60.0. The summed E-state index contributed by atoms with van der Waals surface area (Å²) in [6, 6.07) is 0. The standard InChI is InChI=1S/C17H23F3O/c18-17(19,20)2-1-15-3-9-12-6-16(21)7-13(9)11(5-15)14(8-16)10(12)4-15/h9-14,21H,1-8H2. The molecule has 7 saturated carbocycles. The van der Waals surface area contributed by atoms with Crippen molar-refractivity contribution in [1.82, 2.24) is 0 Å². The van der Waals surface area contributed by atoms with Gasteiger partial charge < -0.3 is 5.11 Å². The molecule has 1 nitrogen and oxygen atoms in total. The van der Waals surface area contributed by atoms with E-state index in [1.807, 2.05) is 0 Å². The number of hydrogen-bond donors (Lipinski definition) is 1. The van der Waals surface area contributed by atoms with E-state index in [0.29, 0.717) is 41.9 Å². The third kappa shape index (κ3) is 1.69. The van der Waals surface area contributed by atoms with Crippen LogP contribution in [0.3, 0.4) is 0 Å². The van der Waals surface area contributed by atoms with Crippen molar-refractivity contribution in [3.8, 4) is 0 Å². The summed E-state index contributed by atoms with van der Waals surface area (Å²) in [6.07, 6.45) is 1.65. The third-order valence-corrected chi connectivity index (χ3v) is 8.09. The minimum absolute atomic E-state index is 0.00812. The van der Waals surface area contributed by atoms with Gasteiger partial charge in [0.2, 0.25) is 0 Å². The highest BCUT2D eigenvalue weighted by Crippen LogP contribution is 2.75. The highest BCUT2D eigenvalue weighted by atomic mass is 19.4. The van der Waals surface area contributed by atoms with Gasteiger partial charge in [0.25, 0.3) is 0 Å². The lowest BCUT2D eigenvalue weighted by molar-refractivity contribution is -0.278. The predicted octanol–water partition coefficient (Wildman–Crippen LogP) is 4.15. The van der Waals surface area contributed by atoms with Gasteiger partial charge in [0.1, 0.15) is 0 Å². The Balaban J connectivity index is 1.45. The summed E-state index contributed by atoms with van der Waals surface area (Å²) in [4.78, 5) is 0. The molecular weight excluding hydrogens is 277 g/mol. The maximum Gasteiger partial charge on any atom is 0.389 e. The first-order valence-electron chi connectivity index (χ1n) is 8.57. The quantitative estimate of drug-likeness (QED) is 0.812. The van der Waals surface area contributed by atoms with E-state index in [1.54, 1.807) is 0 Å². The van der Waals surface area contributed by atoms with Gasteiger partial charge in [0, 0.05) is 6.42 Å². The van der Waals surface area contributed by atoms with Gasteiger partial charge in [-0.3, -0.25) is 0 Å². The maximum absolute atomic E-state index is 12.7. The van der Waals surface area contributed by atoms with Crippen LogP contribution in [0, 0.1) is 40.9 Å². The number of hydrogen-bond acceptors (Lipinski definition) is 1. The van der Waals surface area contributed by atoms with Crippen LogP contribution in [-0.2, 0) is 0 Å². The van der Waals surface area contributed by atoms with Crippen LogP contribution in [-0.4, -0.2) is 16.9 Å². The highest BCUT2D eigenvalue weighted by molar-refractivity contribution is 5.19. The highest BCUT2D eigenvalue weighted by Gasteiger charge is 2.70. The molecular formula is C17H23F3O. The predicted molar refractivity (Wildman–Crippen MR) is 71.3 cm³/mol. The van der Waals surface area contributed by atoms with Gasteiger partial charge in [0.15, 0.2) is 0 Å². The van der Waals surface area contributed by atoms with Crippen LogP contribution >= 0.6 is 0 Å². The summed E-state index contributed by atoms with van der Waals surface area (Å²) in [6.45, 7) is 0. The van der Waals surface area contributed by atoms with E-state index in [4.69, 9.17) is 0 Å². The molecule has 7 fully saturated rings. The van der Waals surface area contributed by atoms with Gasteiger partial charge in [-0.05, 0) is 85.9 Å². The molecule has 8 bridgehead atoms. The fourth-order valence-corrected chi connectivity index (χ4v) is 7.75. The van der Waals surface area contributed by atoms with Crippen molar-refractivity contribution in [1.29, 1.82) is 0 Å². The summed E-state index contributed by atoms with van der Waals surface area (Å²) in [5, 5.41) is 10.7. The van der Waals surface area contributed by atoms with E-state index in [2.05, 4.69) is 0 Å². The zero-order valence-electron chi connectivity index (χ0n) is 12.2. The van der Waals surface area contributed by atoms with Crippen molar-refractivity contribution in [2.75, 3.05) is 0 Å². The smallest absolute Gasteiger partial charge is 0.389 e. The number of halogens is 3. The summed E-state index contributed by atoms with van der Waals surface area (Å²) in [7, 11) is 0. The molecule has 7 rings (SSSR count). The van der Waals surface area contributed by atoms with Crippen molar-refractivity contribution in [3.63, 3.8) is 0 Å². The molecule has 0 unspecified atom stereocenters. The molecule has 21 heavy (non-hydrogen) atoms. The van der Waals surface area contributed by atoms with Gasteiger partial charge in [0.05, 0.1) is 5.60 Å². The Bertz CT molecular complexity index is 420. The minimum atomic E-state index is -4.00. The molecule has 0 radical (unpaired) electrons. The van der Waals surface area contributed by atoms with E-state index in [9.17, 15) is 18.3 Å². The second-order valence-corrected chi connectivity index (χ2v) is 9.05. The average molecular weight is 300 g/mol. The average Bonchev–Trinajstić information content (AvgIpc) is 2.40. The Kier molecular flexibility index (Phi) is 2.28. The minimum Gasteiger partial charge on any atom is -0.390 e. The van der Waals surface area contributed by atoms with Crippen LogP contribution in [0.15, 0.2) is 0 Å². The fourth-order valence-electron chi connectivity index (χ4n) is 7.75. The van der Waals surface area contributed by atoms with Crippen molar-refractivity contribution in [2.24, 2.45) is 40.9 Å². The molecule has 0 aromatic rings. The Labute approximate surface area is 123 Å². The molecule has 0 atom stereocenters. The molecule has 0 aromatic carbocycles. The topological polar surface area (TPSA) is 20.2 Å². The molecule has 0 aromatic heterocycles. The Morgan fingerprint density at radius 3 is 1.52 bits per heavy atom. The number of rotatable bonds is 2. The van der Waals surface area contributed by atoms with E-state index >= 15 is 0 Å². The van der Waals surface area contributed by atoms with Gasteiger partial charge in [-0.15, -0.1) is 0 Å². The SMILES string of the molecule is OC12CC3C4CC5(CCC(F)(F)F)CC3C(C1)C(C5)C4C2. The molecule has 0 amide bonds. The molecule has 7 aliphatic carbocycles. The van der Waals surface area contributed by atoms with E-state index < -0.39 is 18.2 Å². The van der Waals surface area contributed by atoms with E-state index in [1.165, 1.54) is 0 Å². The summed E-state index contributed by atoms with van der Waals surface area (Å²) >= 11 is 0. The van der Waals surface area contributed by atoms with Crippen LogP contribution in [0.25, 0.3) is 0 Å². The second-order valence-electron chi connectivity index (χ2n) is 9.05. The maximum atomic E-state index is 12.7. The zero-order valence-corrected chi connectivity index (χ0v) is 12.2. The van der Waals surface area contributed by atoms with Gasteiger partial charge in [-0.2, -0.15) is 13.2 Å². The second kappa shape index (κ2) is 3.63. The lowest BCUT2D eigenvalue weighted by atomic mass is 9.32. The lowest BCUT2D eigenvalue weighted by Crippen LogP contribution is -2.69. The van der Waals surface area contributed by atoms with Crippen molar-refractivity contribution >= 4 is 0 Å². The van der Waals surface area contributed by atoms with Crippen molar-refractivity contribution in [2.45, 2.75) is 63.1 Å². The van der Waals surface area contributed by atoms with Gasteiger partial charge in [-0.1, -0.05) is 0 Å². The Hall–Kier alpha value is -0.250.